The Balaban J connectivity index is 2.04. The van der Waals surface area contributed by atoms with Crippen molar-refractivity contribution >= 4 is 11.4 Å². The van der Waals surface area contributed by atoms with Crippen LogP contribution in [-0.4, -0.2) is 25.4 Å². The molecule has 0 heterocycles. The molecule has 0 unspecified atom stereocenters. The molecule has 0 aromatic heterocycles. The van der Waals surface area contributed by atoms with E-state index in [9.17, 15) is 5.11 Å². The van der Waals surface area contributed by atoms with Gasteiger partial charge in [0, 0.05) is 18.0 Å². The molecule has 0 radical (unpaired) electrons. The molecule has 4 nitrogen and oxygen atoms in total. The van der Waals surface area contributed by atoms with Crippen molar-refractivity contribution in [3.8, 4) is 5.75 Å². The number of nitrogens with two attached hydrogens (primary N) is 1. The average molecular weight is 264 g/mol. The number of benzene rings is 1. The summed E-state index contributed by atoms with van der Waals surface area (Å²) in [4.78, 5) is 0. The first kappa shape index (κ1) is 14.0. The average Bonchev–Trinajstić information content (AvgIpc) is 2.47. The van der Waals surface area contributed by atoms with E-state index in [4.69, 9.17) is 10.5 Å². The van der Waals surface area contributed by atoms with Gasteiger partial charge in [-0.15, -0.1) is 0 Å². The van der Waals surface area contributed by atoms with Crippen LogP contribution in [0, 0.1) is 5.41 Å². The number of hydrogen-bond acceptors (Lipinski definition) is 4. The molecule has 1 aromatic rings. The second-order valence-electron chi connectivity index (χ2n) is 5.53. The molecule has 2 rings (SSSR count). The molecule has 0 atom stereocenters. The highest BCUT2D eigenvalue weighted by molar-refractivity contribution is 5.68. The van der Waals surface area contributed by atoms with E-state index in [0.29, 0.717) is 5.69 Å². The number of aliphatic hydroxyl groups excluding tert-OH is 1. The molecule has 106 valence electrons. The van der Waals surface area contributed by atoms with Crippen LogP contribution in [0.5, 0.6) is 5.75 Å². The summed E-state index contributed by atoms with van der Waals surface area (Å²) in [6.45, 7) is 1.00. The number of hydrogen-bond donors (Lipinski definition) is 3. The Bertz CT molecular complexity index is 415. The Morgan fingerprint density at radius 3 is 2.68 bits per heavy atom. The summed E-state index contributed by atoms with van der Waals surface area (Å²) >= 11 is 0. The molecule has 1 saturated carbocycles. The van der Waals surface area contributed by atoms with Crippen LogP contribution in [0.3, 0.4) is 0 Å². The van der Waals surface area contributed by atoms with E-state index in [1.807, 2.05) is 18.2 Å². The highest BCUT2D eigenvalue weighted by atomic mass is 16.5. The molecule has 19 heavy (non-hydrogen) atoms. The molecule has 1 aromatic carbocycles. The van der Waals surface area contributed by atoms with E-state index in [2.05, 4.69) is 5.32 Å². The van der Waals surface area contributed by atoms with Gasteiger partial charge in [-0.3, -0.25) is 0 Å². The zero-order chi connectivity index (χ0) is 13.7. The molecule has 0 spiro atoms. The smallest absolute Gasteiger partial charge is 0.121 e. The first-order valence-electron chi connectivity index (χ1n) is 6.97. The van der Waals surface area contributed by atoms with Crippen molar-refractivity contribution in [3.05, 3.63) is 18.2 Å². The summed E-state index contributed by atoms with van der Waals surface area (Å²) in [7, 11) is 1.64. The maximum absolute atomic E-state index is 9.69. The zero-order valence-corrected chi connectivity index (χ0v) is 11.6. The summed E-state index contributed by atoms with van der Waals surface area (Å²) in [6.07, 6.45) is 5.86. The first-order chi connectivity index (χ1) is 9.19. The lowest BCUT2D eigenvalue weighted by atomic mass is 9.74. The van der Waals surface area contributed by atoms with Crippen molar-refractivity contribution in [1.29, 1.82) is 0 Å². The lowest BCUT2D eigenvalue weighted by Crippen LogP contribution is -2.35. The van der Waals surface area contributed by atoms with Crippen LogP contribution in [0.2, 0.25) is 0 Å². The summed E-state index contributed by atoms with van der Waals surface area (Å²) in [5.41, 5.74) is 7.57. The molecule has 1 aliphatic carbocycles. The molecular weight excluding hydrogens is 240 g/mol. The molecule has 0 aliphatic heterocycles. The highest BCUT2D eigenvalue weighted by Gasteiger charge is 2.31. The van der Waals surface area contributed by atoms with Gasteiger partial charge in [-0.1, -0.05) is 19.3 Å². The molecule has 4 N–H and O–H groups in total. The maximum Gasteiger partial charge on any atom is 0.121 e. The Hall–Kier alpha value is -1.42. The fourth-order valence-corrected chi connectivity index (χ4v) is 2.79. The van der Waals surface area contributed by atoms with Gasteiger partial charge in [0.2, 0.25) is 0 Å². The van der Waals surface area contributed by atoms with E-state index < -0.39 is 0 Å². The zero-order valence-electron chi connectivity index (χ0n) is 11.6. The SMILES string of the molecule is COc1ccc(N)c(NCC2(CO)CCCCC2)c1. The van der Waals surface area contributed by atoms with Gasteiger partial charge in [-0.05, 0) is 25.0 Å². The van der Waals surface area contributed by atoms with Crippen LogP contribution < -0.4 is 15.8 Å². The van der Waals surface area contributed by atoms with E-state index in [1.165, 1.54) is 19.3 Å². The lowest BCUT2D eigenvalue weighted by molar-refractivity contribution is 0.0944. The number of aliphatic hydroxyl groups is 1. The lowest BCUT2D eigenvalue weighted by Gasteiger charge is -2.36. The third-order valence-corrected chi connectivity index (χ3v) is 4.16. The summed E-state index contributed by atoms with van der Waals surface area (Å²) < 4.78 is 5.21. The van der Waals surface area contributed by atoms with Crippen molar-refractivity contribution < 1.29 is 9.84 Å². The third kappa shape index (κ3) is 3.32. The molecular formula is C15H24N2O2. The van der Waals surface area contributed by atoms with Gasteiger partial charge in [0.05, 0.1) is 25.1 Å². The molecule has 1 fully saturated rings. The van der Waals surface area contributed by atoms with Gasteiger partial charge in [0.15, 0.2) is 0 Å². The van der Waals surface area contributed by atoms with E-state index >= 15 is 0 Å². The maximum atomic E-state index is 9.69. The minimum absolute atomic E-state index is 0.00770. The highest BCUT2D eigenvalue weighted by Crippen LogP contribution is 2.36. The Labute approximate surface area is 115 Å². The van der Waals surface area contributed by atoms with Crippen LogP contribution in [0.25, 0.3) is 0 Å². The van der Waals surface area contributed by atoms with Crippen molar-refractivity contribution in [3.63, 3.8) is 0 Å². The Morgan fingerprint density at radius 2 is 2.05 bits per heavy atom. The summed E-state index contributed by atoms with van der Waals surface area (Å²) in [5, 5.41) is 13.1. The molecule has 1 aliphatic rings. The Morgan fingerprint density at radius 1 is 1.32 bits per heavy atom. The molecule has 4 heteroatoms. The topological polar surface area (TPSA) is 67.5 Å². The number of methoxy groups -OCH3 is 1. The predicted molar refractivity (Wildman–Crippen MR) is 78.5 cm³/mol. The predicted octanol–water partition coefficient (Wildman–Crippen LogP) is 2.63. The minimum Gasteiger partial charge on any atom is -0.497 e. The Kier molecular flexibility index (Phi) is 4.53. The van der Waals surface area contributed by atoms with E-state index in [1.54, 1.807) is 7.11 Å². The van der Waals surface area contributed by atoms with Crippen molar-refractivity contribution in [2.75, 3.05) is 31.3 Å². The van der Waals surface area contributed by atoms with Crippen molar-refractivity contribution in [2.45, 2.75) is 32.1 Å². The number of nitrogen functional groups attached to an aromatic ring is 1. The fraction of sp³-hybridized carbons (Fsp3) is 0.600. The number of ether oxygens (including phenoxy) is 1. The van der Waals surface area contributed by atoms with Crippen LogP contribution in [0.4, 0.5) is 11.4 Å². The second kappa shape index (κ2) is 6.15. The summed E-state index contributed by atoms with van der Waals surface area (Å²) in [5.74, 6) is 0.790. The second-order valence-corrected chi connectivity index (χ2v) is 5.53. The largest absolute Gasteiger partial charge is 0.497 e. The van der Waals surface area contributed by atoms with Crippen LogP contribution in [-0.2, 0) is 0 Å². The van der Waals surface area contributed by atoms with Crippen LogP contribution >= 0.6 is 0 Å². The van der Waals surface area contributed by atoms with E-state index in [0.717, 1.165) is 30.8 Å². The third-order valence-electron chi connectivity index (χ3n) is 4.16. The number of nitrogens with one attached hydrogen (secondary N) is 1. The standard InChI is InChI=1S/C15H24N2O2/c1-19-12-5-6-13(16)14(9-12)17-10-15(11-18)7-3-2-4-8-15/h5-6,9,17-18H,2-4,7-8,10-11,16H2,1H3. The van der Waals surface area contributed by atoms with Gasteiger partial charge in [-0.2, -0.15) is 0 Å². The van der Waals surface area contributed by atoms with Crippen LogP contribution in [0.1, 0.15) is 32.1 Å². The van der Waals surface area contributed by atoms with Gasteiger partial charge in [0.25, 0.3) is 0 Å². The molecule has 0 bridgehead atoms. The number of rotatable bonds is 5. The first-order valence-corrected chi connectivity index (χ1v) is 6.97. The summed E-state index contributed by atoms with van der Waals surface area (Å²) in [6, 6.07) is 5.60. The van der Waals surface area contributed by atoms with Crippen molar-refractivity contribution in [1.82, 2.24) is 0 Å². The minimum atomic E-state index is 0.00770. The van der Waals surface area contributed by atoms with E-state index in [-0.39, 0.29) is 12.0 Å². The molecule has 0 amide bonds. The monoisotopic (exact) mass is 264 g/mol. The van der Waals surface area contributed by atoms with Gasteiger partial charge < -0.3 is 20.9 Å². The van der Waals surface area contributed by atoms with Gasteiger partial charge in [-0.25, -0.2) is 0 Å². The molecule has 0 saturated heterocycles. The quantitative estimate of drug-likeness (QED) is 0.715. The van der Waals surface area contributed by atoms with Crippen molar-refractivity contribution in [2.24, 2.45) is 5.41 Å². The van der Waals surface area contributed by atoms with Gasteiger partial charge >= 0.3 is 0 Å². The fourth-order valence-electron chi connectivity index (χ4n) is 2.79. The van der Waals surface area contributed by atoms with Gasteiger partial charge in [0.1, 0.15) is 5.75 Å². The number of anilines is 2. The van der Waals surface area contributed by atoms with Crippen LogP contribution in [0.15, 0.2) is 18.2 Å². The normalized spacial score (nSPS) is 18.0.